The van der Waals surface area contributed by atoms with E-state index in [2.05, 4.69) is 6.92 Å². The number of rotatable bonds is 3. The topological polar surface area (TPSA) is 121 Å². The van der Waals surface area contributed by atoms with Crippen LogP contribution in [-0.2, 0) is 19.1 Å². The summed E-state index contributed by atoms with van der Waals surface area (Å²) in [5, 5.41) is 30.6. The molecule has 6 atom stereocenters. The predicted octanol–water partition coefficient (Wildman–Crippen LogP) is 3.70. The number of ketones is 2. The first kappa shape index (κ1) is 20.9. The van der Waals surface area contributed by atoms with Gasteiger partial charge in [0.2, 0.25) is 17.3 Å². The van der Waals surface area contributed by atoms with Gasteiger partial charge < -0.3 is 20.1 Å². The van der Waals surface area contributed by atoms with Crippen LogP contribution in [0.1, 0.15) is 59.3 Å². The van der Waals surface area contributed by atoms with Gasteiger partial charge in [0.05, 0.1) is 5.41 Å². The normalized spacial score (nSPS) is 40.6. The second-order valence-corrected chi connectivity index (χ2v) is 9.89. The lowest BCUT2D eigenvalue weighted by Gasteiger charge is -2.56. The minimum absolute atomic E-state index is 0.0341. The molecule has 0 aromatic carbocycles. The van der Waals surface area contributed by atoms with Gasteiger partial charge in [-0.15, -0.1) is 0 Å². The van der Waals surface area contributed by atoms with Crippen LogP contribution in [0.5, 0.6) is 0 Å². The molecular weight excluding hydrogens is 388 g/mol. The van der Waals surface area contributed by atoms with Crippen LogP contribution in [0.3, 0.4) is 0 Å². The summed E-state index contributed by atoms with van der Waals surface area (Å²) in [5.41, 5.74) is -0.728. The zero-order valence-corrected chi connectivity index (χ0v) is 17.7. The maximum absolute atomic E-state index is 13.1. The Morgan fingerprint density at radius 2 is 1.70 bits per heavy atom. The molecule has 0 amide bonds. The Labute approximate surface area is 175 Å². The third kappa shape index (κ3) is 2.66. The summed E-state index contributed by atoms with van der Waals surface area (Å²) in [6, 6.07) is 0. The third-order valence-corrected chi connectivity index (χ3v) is 8.76. The number of hydrogen-bond donors (Lipinski definition) is 3. The summed E-state index contributed by atoms with van der Waals surface area (Å²) in [6.07, 6.45) is 4.31. The Kier molecular flexibility index (Phi) is 4.79. The molecule has 164 valence electrons. The van der Waals surface area contributed by atoms with Crippen LogP contribution >= 0.6 is 0 Å². The smallest absolute Gasteiger partial charge is 0.303 e. The summed E-state index contributed by atoms with van der Waals surface area (Å²) < 4.78 is 4.96. The van der Waals surface area contributed by atoms with Gasteiger partial charge in [0.1, 0.15) is 6.61 Å². The Bertz CT molecular complexity index is 884. The van der Waals surface area contributed by atoms with Crippen molar-refractivity contribution in [2.75, 3.05) is 6.61 Å². The molecule has 0 aliphatic heterocycles. The molecule has 0 unspecified atom stereocenters. The average molecular weight is 418 g/mol. The number of ether oxygens (including phenoxy) is 1. The number of fused-ring (bicyclic) bond motifs is 5. The van der Waals surface area contributed by atoms with Crippen LogP contribution in [0, 0.1) is 34.5 Å². The first-order valence-electron chi connectivity index (χ1n) is 10.8. The predicted molar refractivity (Wildman–Crippen MR) is 106 cm³/mol. The number of carbonyl (C=O) groups is 3. The third-order valence-electron chi connectivity index (χ3n) is 8.76. The van der Waals surface area contributed by atoms with Crippen LogP contribution in [0.25, 0.3) is 0 Å². The first-order valence-corrected chi connectivity index (χ1v) is 10.8. The fourth-order valence-corrected chi connectivity index (χ4v) is 7.28. The largest absolute Gasteiger partial charge is 0.504 e. The zero-order chi connectivity index (χ0) is 22.0. The molecule has 0 spiro atoms. The van der Waals surface area contributed by atoms with Gasteiger partial charge in [0.25, 0.3) is 0 Å². The van der Waals surface area contributed by atoms with Gasteiger partial charge in [-0.1, -0.05) is 6.92 Å². The van der Waals surface area contributed by atoms with E-state index in [1.165, 1.54) is 6.92 Å². The van der Waals surface area contributed by atoms with E-state index in [4.69, 9.17) is 4.74 Å². The van der Waals surface area contributed by atoms with Crippen LogP contribution in [0.4, 0.5) is 0 Å². The molecule has 4 rings (SSSR count). The van der Waals surface area contributed by atoms with Crippen molar-refractivity contribution in [3.63, 3.8) is 0 Å². The van der Waals surface area contributed by atoms with E-state index >= 15 is 0 Å². The molecule has 0 heterocycles. The van der Waals surface area contributed by atoms with E-state index in [1.54, 1.807) is 6.92 Å². The van der Waals surface area contributed by atoms with Crippen molar-refractivity contribution in [3.05, 3.63) is 22.9 Å². The SMILES string of the molecule is CC(=O)OCC(=O)[C@@H]1CC[C@H]2[C@@H]3CCC4=C(O)C(O)=C(O)C(=O)[C@]4(C)[C@H]3CC[C@]12C. The molecule has 3 saturated carbocycles. The monoisotopic (exact) mass is 418 g/mol. The summed E-state index contributed by atoms with van der Waals surface area (Å²) in [7, 11) is 0. The van der Waals surface area contributed by atoms with E-state index in [0.717, 1.165) is 25.7 Å². The number of esters is 1. The zero-order valence-electron chi connectivity index (χ0n) is 17.7. The summed E-state index contributed by atoms with van der Waals surface area (Å²) >= 11 is 0. The van der Waals surface area contributed by atoms with E-state index in [9.17, 15) is 29.7 Å². The highest BCUT2D eigenvalue weighted by molar-refractivity contribution is 6.02. The molecule has 3 fully saturated rings. The Balaban J connectivity index is 1.63. The van der Waals surface area contributed by atoms with Gasteiger partial charge in [-0.25, -0.2) is 0 Å². The van der Waals surface area contributed by atoms with Crippen molar-refractivity contribution >= 4 is 17.5 Å². The number of hydrogen-bond acceptors (Lipinski definition) is 7. The molecule has 0 bridgehead atoms. The Morgan fingerprint density at radius 1 is 1.00 bits per heavy atom. The van der Waals surface area contributed by atoms with E-state index in [0.29, 0.717) is 18.4 Å². The minimum atomic E-state index is -1.04. The van der Waals surface area contributed by atoms with Crippen LogP contribution < -0.4 is 0 Å². The lowest BCUT2D eigenvalue weighted by atomic mass is 9.46. The van der Waals surface area contributed by atoms with Gasteiger partial charge >= 0.3 is 5.97 Å². The molecule has 7 nitrogen and oxygen atoms in total. The molecule has 0 radical (unpaired) electrons. The summed E-state index contributed by atoms with van der Waals surface area (Å²) in [4.78, 5) is 37.0. The molecule has 3 N–H and O–H groups in total. The van der Waals surface area contributed by atoms with Crippen molar-refractivity contribution in [1.82, 2.24) is 0 Å². The maximum atomic E-state index is 13.1. The van der Waals surface area contributed by atoms with Crippen molar-refractivity contribution in [1.29, 1.82) is 0 Å². The fraction of sp³-hybridized carbons (Fsp3) is 0.696. The van der Waals surface area contributed by atoms with Crippen molar-refractivity contribution in [3.8, 4) is 0 Å². The highest BCUT2D eigenvalue weighted by Gasteiger charge is 2.63. The average Bonchev–Trinajstić information content (AvgIpc) is 3.06. The highest BCUT2D eigenvalue weighted by atomic mass is 16.5. The number of aliphatic hydroxyl groups excluding tert-OH is 3. The highest BCUT2D eigenvalue weighted by Crippen LogP contribution is 2.66. The first-order chi connectivity index (χ1) is 14.0. The molecule has 30 heavy (non-hydrogen) atoms. The lowest BCUT2D eigenvalue weighted by molar-refractivity contribution is -0.149. The van der Waals surface area contributed by atoms with Crippen molar-refractivity contribution < 1.29 is 34.4 Å². The van der Waals surface area contributed by atoms with Gasteiger partial charge in [-0.05, 0) is 74.2 Å². The molecule has 0 aromatic heterocycles. The number of carbonyl (C=O) groups excluding carboxylic acids is 3. The molecular formula is C23H30O7. The molecule has 4 aliphatic rings. The minimum Gasteiger partial charge on any atom is -0.504 e. The second-order valence-electron chi connectivity index (χ2n) is 9.89. The molecule has 0 aromatic rings. The molecule has 4 aliphatic carbocycles. The summed E-state index contributed by atoms with van der Waals surface area (Å²) in [5.74, 6) is -2.64. The standard InChI is InChI=1S/C23H30O7/c1-11(24)30-10-17(25)15-7-6-13-12-4-5-16-18(26)19(27)20(28)21(29)23(16,3)14(12)8-9-22(13,15)2/h12-15,26-28H,4-10H2,1-3H3/t12-,13-,14-,15-,22-,23+/m0/s1. The van der Waals surface area contributed by atoms with Crippen LogP contribution in [-0.4, -0.2) is 39.5 Å². The van der Waals surface area contributed by atoms with E-state index in [-0.39, 0.29) is 47.2 Å². The van der Waals surface area contributed by atoms with Gasteiger partial charge in [-0.2, -0.15) is 0 Å². The molecule has 0 saturated heterocycles. The van der Waals surface area contributed by atoms with Gasteiger partial charge in [0, 0.05) is 12.8 Å². The number of aliphatic hydroxyl groups is 3. The molecule has 7 heteroatoms. The van der Waals surface area contributed by atoms with E-state index < -0.39 is 28.7 Å². The Morgan fingerprint density at radius 3 is 2.37 bits per heavy atom. The summed E-state index contributed by atoms with van der Waals surface area (Å²) in [6.45, 7) is 5.03. The van der Waals surface area contributed by atoms with Crippen molar-refractivity contribution in [2.24, 2.45) is 34.5 Å². The number of allylic oxidation sites excluding steroid dienone is 2. The lowest BCUT2D eigenvalue weighted by Crippen LogP contribution is -2.54. The van der Waals surface area contributed by atoms with E-state index in [1.807, 2.05) is 0 Å². The Hall–Kier alpha value is -2.31. The van der Waals surface area contributed by atoms with Crippen molar-refractivity contribution in [2.45, 2.75) is 59.3 Å². The fourth-order valence-electron chi connectivity index (χ4n) is 7.28. The van der Waals surface area contributed by atoms with Gasteiger partial charge in [0.15, 0.2) is 11.5 Å². The van der Waals surface area contributed by atoms with Crippen LogP contribution in [0.2, 0.25) is 0 Å². The van der Waals surface area contributed by atoms with Gasteiger partial charge in [-0.3, -0.25) is 14.4 Å². The quantitative estimate of drug-likeness (QED) is 0.598. The van der Waals surface area contributed by atoms with Crippen LogP contribution in [0.15, 0.2) is 22.9 Å². The second kappa shape index (κ2) is 6.86. The maximum Gasteiger partial charge on any atom is 0.303 e. The number of Topliss-reactive ketones (excluding diaryl/α,β-unsaturated/α-hetero) is 2.